The summed E-state index contributed by atoms with van der Waals surface area (Å²) in [5.41, 5.74) is 8.80. The Bertz CT molecular complexity index is 122. The topological polar surface area (TPSA) is 92.5 Å². The molecule has 0 spiro atoms. The molecule has 17 heavy (non-hydrogen) atoms. The van der Waals surface area contributed by atoms with Crippen molar-refractivity contribution in [3.05, 3.63) is 0 Å². The molecule has 0 unspecified atom stereocenters. The molecule has 0 rings (SSSR count). The fraction of sp³-hybridized carbons (Fsp3) is 0.800. The van der Waals surface area contributed by atoms with E-state index in [1.807, 2.05) is 0 Å². The molecule has 0 radical (unpaired) electrons. The van der Waals surface area contributed by atoms with Gasteiger partial charge < -0.3 is 21.7 Å². The van der Waals surface area contributed by atoms with Gasteiger partial charge in [-0.2, -0.15) is 0 Å². The zero-order valence-electron chi connectivity index (χ0n) is 10.7. The maximum absolute atomic E-state index is 7.56. The van der Waals surface area contributed by atoms with Gasteiger partial charge in [-0.25, -0.2) is 0 Å². The standard InChI is InChI=1S/2C4H10.2CH3NOS.Na.H/c2*1-3-4-2;2*2-1(3)4;;/h2*3-4H2,1-2H3;2*(H3,2,3,4);;. The van der Waals surface area contributed by atoms with Crippen LogP contribution in [0.25, 0.3) is 0 Å². The Labute approximate surface area is 138 Å². The maximum atomic E-state index is 7.56. The molecule has 0 fully saturated rings. The summed E-state index contributed by atoms with van der Waals surface area (Å²) in [6.45, 7) is 8.72. The van der Waals surface area contributed by atoms with Gasteiger partial charge in [0.15, 0.2) is 0 Å². The second-order valence-corrected chi connectivity index (χ2v) is 3.51. The van der Waals surface area contributed by atoms with Gasteiger partial charge >= 0.3 is 29.6 Å². The van der Waals surface area contributed by atoms with Crippen molar-refractivity contribution in [2.45, 2.75) is 53.4 Å². The molecule has 0 aromatic carbocycles. The summed E-state index contributed by atoms with van der Waals surface area (Å²) in [4.78, 5) is 0. The molecule has 7 heteroatoms. The predicted octanol–water partition coefficient (Wildman–Crippen LogP) is 2.54. The van der Waals surface area contributed by atoms with Crippen molar-refractivity contribution in [2.24, 2.45) is 11.5 Å². The van der Waals surface area contributed by atoms with Crippen molar-refractivity contribution in [2.75, 3.05) is 0 Å². The summed E-state index contributed by atoms with van der Waals surface area (Å²) in [5.74, 6) is 0. The van der Waals surface area contributed by atoms with Crippen molar-refractivity contribution in [3.8, 4) is 0 Å². The molecule has 0 saturated heterocycles. The van der Waals surface area contributed by atoms with Crippen molar-refractivity contribution < 1.29 is 10.2 Å². The van der Waals surface area contributed by atoms with E-state index < -0.39 is 10.3 Å². The van der Waals surface area contributed by atoms with Crippen LogP contribution in [0.1, 0.15) is 53.4 Å². The van der Waals surface area contributed by atoms with Crippen LogP contribution in [-0.4, -0.2) is 50.1 Å². The first-order valence-corrected chi connectivity index (χ1v) is 6.08. The number of aliphatic hydroxyl groups excluding tert-OH is 2. The zero-order valence-corrected chi connectivity index (χ0v) is 12.3. The van der Waals surface area contributed by atoms with Crippen LogP contribution in [0, 0.1) is 0 Å². The first-order chi connectivity index (χ1) is 7.29. The Hall–Kier alpha value is 0.380. The number of hydrogen-bond acceptors (Lipinski definition) is 2. The third kappa shape index (κ3) is 598. The van der Waals surface area contributed by atoms with Gasteiger partial charge in [0.25, 0.3) is 10.3 Å². The van der Waals surface area contributed by atoms with Gasteiger partial charge in [0, 0.05) is 0 Å². The number of hydrogen-bond donors (Lipinski definition) is 4. The van der Waals surface area contributed by atoms with Crippen molar-refractivity contribution in [1.29, 1.82) is 0 Å². The molecule has 0 saturated carbocycles. The van der Waals surface area contributed by atoms with Crippen LogP contribution in [0.3, 0.4) is 0 Å². The normalized spacial score (nSPS) is 6.35. The van der Waals surface area contributed by atoms with Gasteiger partial charge in [0.1, 0.15) is 0 Å². The monoisotopic (exact) mass is 294 g/mol. The van der Waals surface area contributed by atoms with Crippen LogP contribution in [0.2, 0.25) is 0 Å². The molecule has 0 amide bonds. The van der Waals surface area contributed by atoms with Crippen LogP contribution in [0.15, 0.2) is 0 Å². The second kappa shape index (κ2) is 36.0. The van der Waals surface area contributed by atoms with E-state index in [1.165, 1.54) is 25.7 Å². The molecule has 0 heterocycles. The van der Waals surface area contributed by atoms with Gasteiger partial charge in [-0.15, -0.1) is 0 Å². The van der Waals surface area contributed by atoms with Crippen LogP contribution < -0.4 is 11.5 Å². The van der Waals surface area contributed by atoms with Crippen molar-refractivity contribution in [3.63, 3.8) is 0 Å². The van der Waals surface area contributed by atoms with Crippen molar-refractivity contribution >= 4 is 64.3 Å². The van der Waals surface area contributed by atoms with E-state index in [0.717, 1.165) is 0 Å². The Kier molecular flexibility index (Phi) is 64.4. The van der Waals surface area contributed by atoms with E-state index >= 15 is 0 Å². The predicted molar refractivity (Wildman–Crippen MR) is 87.1 cm³/mol. The third-order valence-corrected chi connectivity index (χ3v) is 1.000. The quantitative estimate of drug-likeness (QED) is 0.462. The Balaban J connectivity index is -0.0000000369. The second-order valence-electron chi connectivity index (χ2n) is 2.68. The van der Waals surface area contributed by atoms with Gasteiger partial charge in [-0.3, -0.25) is 0 Å². The molecular formula is C10H27N2NaO2S2. The van der Waals surface area contributed by atoms with E-state index in [0.29, 0.717) is 0 Å². The van der Waals surface area contributed by atoms with Crippen LogP contribution in [-0.2, 0) is 0 Å². The fourth-order valence-electron chi connectivity index (χ4n) is 0. The molecular weight excluding hydrogens is 267 g/mol. The number of aliphatic hydroxyl groups is 2. The molecule has 102 valence electrons. The molecule has 0 aliphatic carbocycles. The van der Waals surface area contributed by atoms with Gasteiger partial charge in [-0.1, -0.05) is 53.4 Å². The average Bonchev–Trinajstić information content (AvgIpc) is 2.16. The number of unbranched alkanes of at least 4 members (excludes halogenated alkanes) is 2. The third-order valence-electron chi connectivity index (χ3n) is 1.000. The number of thiocarbonyl (C=S) groups is 2. The molecule has 0 aromatic rings. The molecule has 0 aliphatic heterocycles. The Morgan fingerprint density at radius 1 is 0.765 bits per heavy atom. The summed E-state index contributed by atoms with van der Waals surface area (Å²) in [6.07, 6.45) is 5.28. The van der Waals surface area contributed by atoms with Crippen LogP contribution >= 0.6 is 24.4 Å². The van der Waals surface area contributed by atoms with E-state index in [2.05, 4.69) is 63.6 Å². The van der Waals surface area contributed by atoms with Gasteiger partial charge in [0.2, 0.25) is 0 Å². The Morgan fingerprint density at radius 2 is 0.824 bits per heavy atom. The SMILES string of the molecule is CCCC.CCCC.NC(O)=S.NC(O)=S.[NaH]. The van der Waals surface area contributed by atoms with Crippen molar-refractivity contribution in [1.82, 2.24) is 0 Å². The van der Waals surface area contributed by atoms with Crippen LogP contribution in [0.4, 0.5) is 0 Å². The number of rotatable bonds is 2. The zero-order chi connectivity index (χ0) is 14.0. The summed E-state index contributed by atoms with van der Waals surface area (Å²) in [5, 5.41) is 14.1. The molecule has 0 aromatic heterocycles. The minimum absolute atomic E-state index is 0. The fourth-order valence-corrected chi connectivity index (χ4v) is 0. The first kappa shape index (κ1) is 30.4. The average molecular weight is 294 g/mol. The minimum atomic E-state index is -0.500. The molecule has 4 nitrogen and oxygen atoms in total. The summed E-state index contributed by atoms with van der Waals surface area (Å²) in [6, 6.07) is 0. The van der Waals surface area contributed by atoms with E-state index in [9.17, 15) is 0 Å². The molecule has 0 bridgehead atoms. The summed E-state index contributed by atoms with van der Waals surface area (Å²) >= 11 is 7.74. The molecule has 0 atom stereocenters. The molecule has 6 N–H and O–H groups in total. The van der Waals surface area contributed by atoms with E-state index in [-0.39, 0.29) is 29.6 Å². The summed E-state index contributed by atoms with van der Waals surface area (Å²) < 4.78 is 0. The van der Waals surface area contributed by atoms with Gasteiger partial charge in [0.05, 0.1) is 0 Å². The Morgan fingerprint density at radius 3 is 0.824 bits per heavy atom. The van der Waals surface area contributed by atoms with E-state index in [4.69, 9.17) is 10.2 Å². The van der Waals surface area contributed by atoms with Crippen LogP contribution in [0.5, 0.6) is 0 Å². The van der Waals surface area contributed by atoms with E-state index in [1.54, 1.807) is 0 Å². The number of nitrogens with two attached hydrogens (primary N) is 2. The van der Waals surface area contributed by atoms with Gasteiger partial charge in [-0.05, 0) is 24.4 Å². The summed E-state index contributed by atoms with van der Waals surface area (Å²) in [7, 11) is 0. The molecule has 0 aliphatic rings. The first-order valence-electron chi connectivity index (χ1n) is 5.26.